The summed E-state index contributed by atoms with van der Waals surface area (Å²) >= 11 is 0. The molecule has 1 amide bonds. The summed E-state index contributed by atoms with van der Waals surface area (Å²) in [5.74, 6) is -0.103. The second-order valence-corrected chi connectivity index (χ2v) is 8.57. The van der Waals surface area contributed by atoms with E-state index in [0.29, 0.717) is 10.8 Å². The average molecular weight is 360 g/mol. The molecular weight excluding hydrogens is 332 g/mol. The maximum Gasteiger partial charge on any atom is 0.407 e. The number of hydrogen-bond acceptors (Lipinski definition) is 4. The van der Waals surface area contributed by atoms with E-state index in [1.807, 2.05) is 26.8 Å². The largest absolute Gasteiger partial charge is 0.494 e. The maximum atomic E-state index is 12.5. The van der Waals surface area contributed by atoms with Crippen LogP contribution >= 0.6 is 0 Å². The average Bonchev–Trinajstić information content (AvgIpc) is 2.47. The Bertz CT molecular complexity index is 857. The number of fused-ring (bicyclic) bond motifs is 1. The molecule has 0 unspecified atom stereocenters. The van der Waals surface area contributed by atoms with Gasteiger partial charge in [0.05, 0.1) is 12.6 Å². The molecule has 0 saturated heterocycles. The summed E-state index contributed by atoms with van der Waals surface area (Å²) in [6.07, 6.45) is -0.550. The minimum Gasteiger partial charge on any atom is -0.494 e. The van der Waals surface area contributed by atoms with Crippen LogP contribution in [0.15, 0.2) is 35.1 Å². The Labute approximate surface area is 153 Å². The normalized spacial score (nSPS) is 13.5. The number of hydrogen-bond donors (Lipinski definition) is 2. The Morgan fingerprint density at radius 2 is 1.81 bits per heavy atom. The van der Waals surface area contributed by atoms with Gasteiger partial charge in [-0.15, -0.1) is 0 Å². The van der Waals surface area contributed by atoms with E-state index in [2.05, 4.69) is 5.32 Å². The van der Waals surface area contributed by atoms with E-state index in [0.717, 1.165) is 0 Å². The molecule has 0 saturated carbocycles. The van der Waals surface area contributed by atoms with E-state index in [1.165, 1.54) is 10.6 Å². The highest BCUT2D eigenvalue weighted by Crippen LogP contribution is 2.26. The number of aromatic nitrogens is 1. The summed E-state index contributed by atoms with van der Waals surface area (Å²) in [5.41, 5.74) is -1.29. The Balaban J connectivity index is 2.36. The van der Waals surface area contributed by atoms with Crippen molar-refractivity contribution in [3.63, 3.8) is 0 Å². The molecule has 0 bridgehead atoms. The molecule has 6 heteroatoms. The molecule has 0 aliphatic rings. The molecule has 142 valence electrons. The fourth-order valence-corrected chi connectivity index (χ4v) is 2.63. The lowest BCUT2D eigenvalue weighted by Crippen LogP contribution is -2.49. The van der Waals surface area contributed by atoms with Crippen molar-refractivity contribution in [3.8, 4) is 5.88 Å². The van der Waals surface area contributed by atoms with Crippen LogP contribution in [0.2, 0.25) is 0 Å². The zero-order chi connectivity index (χ0) is 19.7. The molecule has 1 atom stereocenters. The van der Waals surface area contributed by atoms with E-state index < -0.39 is 17.7 Å². The fourth-order valence-electron chi connectivity index (χ4n) is 2.63. The van der Waals surface area contributed by atoms with E-state index in [9.17, 15) is 14.7 Å². The first kappa shape index (κ1) is 19.8. The van der Waals surface area contributed by atoms with Crippen molar-refractivity contribution >= 4 is 16.9 Å². The number of nitrogens with one attached hydrogen (secondary N) is 1. The van der Waals surface area contributed by atoms with Gasteiger partial charge in [-0.2, -0.15) is 0 Å². The van der Waals surface area contributed by atoms with Gasteiger partial charge in [0, 0.05) is 11.5 Å². The van der Waals surface area contributed by atoms with Crippen LogP contribution < -0.4 is 10.9 Å². The minimum absolute atomic E-state index is 0.103. The zero-order valence-corrected chi connectivity index (χ0v) is 16.3. The Morgan fingerprint density at radius 3 is 2.38 bits per heavy atom. The van der Waals surface area contributed by atoms with Gasteiger partial charge < -0.3 is 15.2 Å². The molecule has 2 aromatic rings. The second kappa shape index (κ2) is 7.02. The second-order valence-electron chi connectivity index (χ2n) is 8.57. The zero-order valence-electron chi connectivity index (χ0n) is 16.3. The van der Waals surface area contributed by atoms with Crippen LogP contribution in [-0.2, 0) is 11.3 Å². The number of carbonyl (C=O) groups excluding carboxylic acids is 1. The van der Waals surface area contributed by atoms with Gasteiger partial charge in [-0.1, -0.05) is 39.0 Å². The van der Waals surface area contributed by atoms with Gasteiger partial charge in [-0.3, -0.25) is 9.36 Å². The third-order valence-electron chi connectivity index (χ3n) is 4.10. The fraction of sp³-hybridized carbons (Fsp3) is 0.500. The van der Waals surface area contributed by atoms with Gasteiger partial charge in [0.15, 0.2) is 0 Å². The van der Waals surface area contributed by atoms with Gasteiger partial charge in [0.1, 0.15) is 5.60 Å². The molecule has 0 fully saturated rings. The van der Waals surface area contributed by atoms with Crippen molar-refractivity contribution in [1.29, 1.82) is 0 Å². The standard InChI is InChI=1S/C20H28N2O4/c1-19(2,3)15(21-18(25)26-20(4,5)6)12-22-16(23)11-13-9-7-8-10-14(13)17(22)24/h7-11,15,24H,12H2,1-6H3,(H,21,25)/t15-/m1/s1. The Kier molecular flexibility index (Phi) is 5.35. The molecule has 1 aromatic carbocycles. The quantitative estimate of drug-likeness (QED) is 0.875. The van der Waals surface area contributed by atoms with Crippen molar-refractivity contribution in [3.05, 3.63) is 40.7 Å². The van der Waals surface area contributed by atoms with Crippen molar-refractivity contribution < 1.29 is 14.6 Å². The van der Waals surface area contributed by atoms with Crippen molar-refractivity contribution in [2.24, 2.45) is 5.41 Å². The lowest BCUT2D eigenvalue weighted by molar-refractivity contribution is 0.0452. The smallest absolute Gasteiger partial charge is 0.407 e. The first-order chi connectivity index (χ1) is 11.9. The number of aromatic hydroxyl groups is 1. The topological polar surface area (TPSA) is 80.6 Å². The number of ether oxygens (including phenoxy) is 1. The molecule has 0 radical (unpaired) electrons. The lowest BCUT2D eigenvalue weighted by atomic mass is 9.86. The molecule has 0 aliphatic heterocycles. The highest BCUT2D eigenvalue weighted by molar-refractivity contribution is 5.86. The maximum absolute atomic E-state index is 12.5. The number of alkyl carbamates (subject to hydrolysis) is 1. The molecule has 26 heavy (non-hydrogen) atoms. The van der Waals surface area contributed by atoms with Crippen molar-refractivity contribution in [1.82, 2.24) is 9.88 Å². The third-order valence-corrected chi connectivity index (χ3v) is 4.10. The molecule has 2 rings (SSSR count). The van der Waals surface area contributed by atoms with Gasteiger partial charge in [-0.05, 0) is 37.6 Å². The van der Waals surface area contributed by atoms with Crippen LogP contribution in [-0.4, -0.2) is 27.4 Å². The number of nitrogens with zero attached hydrogens (tertiary/aromatic N) is 1. The summed E-state index contributed by atoms with van der Waals surface area (Å²) in [7, 11) is 0. The van der Waals surface area contributed by atoms with Gasteiger partial charge in [0.25, 0.3) is 5.56 Å². The lowest BCUT2D eigenvalue weighted by Gasteiger charge is -2.33. The summed E-state index contributed by atoms with van der Waals surface area (Å²) in [6.45, 7) is 11.4. The van der Waals surface area contributed by atoms with Crippen LogP contribution in [0, 0.1) is 5.41 Å². The van der Waals surface area contributed by atoms with Crippen LogP contribution in [0.5, 0.6) is 5.88 Å². The summed E-state index contributed by atoms with van der Waals surface area (Å²) in [4.78, 5) is 24.7. The van der Waals surface area contributed by atoms with Crippen LogP contribution in [0.4, 0.5) is 4.79 Å². The van der Waals surface area contributed by atoms with Crippen molar-refractivity contribution in [2.75, 3.05) is 0 Å². The highest BCUT2D eigenvalue weighted by atomic mass is 16.6. The molecule has 1 heterocycles. The first-order valence-electron chi connectivity index (χ1n) is 8.69. The van der Waals surface area contributed by atoms with E-state index in [-0.39, 0.29) is 23.4 Å². The molecule has 0 aliphatic carbocycles. The van der Waals surface area contributed by atoms with Gasteiger partial charge in [-0.25, -0.2) is 4.79 Å². The number of rotatable bonds is 3. The number of pyridine rings is 1. The van der Waals surface area contributed by atoms with Crippen LogP contribution in [0.3, 0.4) is 0 Å². The predicted molar refractivity (Wildman–Crippen MR) is 102 cm³/mol. The summed E-state index contributed by atoms with van der Waals surface area (Å²) < 4.78 is 6.62. The molecule has 1 aromatic heterocycles. The van der Waals surface area contributed by atoms with E-state index in [4.69, 9.17) is 4.74 Å². The van der Waals surface area contributed by atoms with E-state index in [1.54, 1.807) is 39.0 Å². The van der Waals surface area contributed by atoms with Crippen LogP contribution in [0.1, 0.15) is 41.5 Å². The van der Waals surface area contributed by atoms with Gasteiger partial charge >= 0.3 is 6.09 Å². The van der Waals surface area contributed by atoms with Crippen LogP contribution in [0.25, 0.3) is 10.8 Å². The third kappa shape index (κ3) is 4.77. The monoisotopic (exact) mass is 360 g/mol. The Hall–Kier alpha value is -2.50. The van der Waals surface area contributed by atoms with E-state index >= 15 is 0 Å². The number of carbonyl (C=O) groups is 1. The highest BCUT2D eigenvalue weighted by Gasteiger charge is 2.30. The number of benzene rings is 1. The molecule has 6 nitrogen and oxygen atoms in total. The summed E-state index contributed by atoms with van der Waals surface area (Å²) in [6, 6.07) is 8.23. The molecule has 2 N–H and O–H groups in total. The predicted octanol–water partition coefficient (Wildman–Crippen LogP) is 3.65. The SMILES string of the molecule is CC(C)(C)OC(=O)N[C@H](Cn1c(O)c2ccccc2cc1=O)C(C)(C)C. The molecular formula is C20H28N2O4. The minimum atomic E-state index is -0.617. The first-order valence-corrected chi connectivity index (χ1v) is 8.69. The Morgan fingerprint density at radius 1 is 1.19 bits per heavy atom. The van der Waals surface area contributed by atoms with Crippen molar-refractivity contribution in [2.45, 2.75) is 59.7 Å². The van der Waals surface area contributed by atoms with Gasteiger partial charge in [0.2, 0.25) is 5.88 Å². The number of amides is 1. The summed E-state index contributed by atoms with van der Waals surface area (Å²) in [5, 5.41) is 14.7. The molecule has 0 spiro atoms.